The molecule has 1 aliphatic rings. The molecule has 1 heterocycles. The molecule has 0 bridgehead atoms. The van der Waals surface area contributed by atoms with Gasteiger partial charge in [-0.3, -0.25) is 0 Å². The van der Waals surface area contributed by atoms with Crippen molar-refractivity contribution in [3.63, 3.8) is 0 Å². The van der Waals surface area contributed by atoms with E-state index in [0.717, 1.165) is 13.1 Å². The molecule has 0 saturated heterocycles. The molecule has 0 radical (unpaired) electrons. The molecule has 0 amide bonds. The number of nitrogens with zero attached hydrogens (tertiary/aromatic N) is 2. The Labute approximate surface area is 166 Å². The molecule has 0 saturated carbocycles. The third-order valence-electron chi connectivity index (χ3n) is 4.48. The molecule has 1 aromatic rings. The summed E-state index contributed by atoms with van der Waals surface area (Å²) in [5, 5.41) is 0. The van der Waals surface area contributed by atoms with Crippen molar-refractivity contribution in [2.75, 3.05) is 80.8 Å². The number of esters is 2. The van der Waals surface area contributed by atoms with Crippen molar-refractivity contribution in [2.45, 2.75) is 0 Å². The highest BCUT2D eigenvalue weighted by molar-refractivity contribution is 5.71. The van der Waals surface area contributed by atoms with E-state index in [9.17, 15) is 9.59 Å². The zero-order valence-electron chi connectivity index (χ0n) is 17.3. The van der Waals surface area contributed by atoms with Crippen LogP contribution in [0.4, 0.5) is 0 Å². The molecule has 1 aromatic carbocycles. The van der Waals surface area contributed by atoms with E-state index in [-0.39, 0.29) is 51.5 Å². The summed E-state index contributed by atoms with van der Waals surface area (Å²) in [5.74, 6) is 0.563. The van der Waals surface area contributed by atoms with E-state index >= 15 is 0 Å². The van der Waals surface area contributed by atoms with E-state index in [1.165, 1.54) is 0 Å². The number of fused-ring (bicyclic) bond motifs is 1. The number of likely N-dealkylation sites (N-methyl/N-ethyl adjacent to an activating group) is 2. The zero-order valence-corrected chi connectivity index (χ0v) is 17.3. The van der Waals surface area contributed by atoms with E-state index in [4.69, 9.17) is 18.9 Å². The molecule has 0 N–H and O–H groups in total. The fraction of sp³-hybridized carbons (Fsp3) is 0.600. The quantitative estimate of drug-likeness (QED) is 0.475. The van der Waals surface area contributed by atoms with Crippen LogP contribution >= 0.6 is 0 Å². The van der Waals surface area contributed by atoms with Crippen molar-refractivity contribution >= 4 is 11.9 Å². The summed E-state index contributed by atoms with van der Waals surface area (Å²) < 4.78 is 22.9. The number of carbonyl (C=O) groups is 2. The van der Waals surface area contributed by atoms with Crippen molar-refractivity contribution in [2.24, 2.45) is 0 Å². The molecule has 0 aliphatic carbocycles. The van der Waals surface area contributed by atoms with Crippen molar-refractivity contribution < 1.29 is 37.5 Å². The van der Waals surface area contributed by atoms with Crippen LogP contribution in [-0.2, 0) is 19.1 Å². The van der Waals surface area contributed by atoms with Crippen molar-refractivity contribution in [3.8, 4) is 11.5 Å². The lowest BCUT2D eigenvalue weighted by atomic mass is 10.3. The number of hydrogen-bond donors (Lipinski definition) is 0. The zero-order chi connectivity index (χ0) is 20.6. The lowest BCUT2D eigenvalue weighted by Crippen LogP contribution is -2.54. The number of carbonyl (C=O) groups excluding carboxylic acids is 2. The highest BCUT2D eigenvalue weighted by Gasteiger charge is 2.28. The molecule has 8 heteroatoms. The topological polar surface area (TPSA) is 71.1 Å². The second-order valence-corrected chi connectivity index (χ2v) is 8.22. The van der Waals surface area contributed by atoms with Crippen LogP contribution in [0.15, 0.2) is 24.3 Å². The minimum atomic E-state index is -0.274. The van der Waals surface area contributed by atoms with Gasteiger partial charge in [0.2, 0.25) is 0 Å². The van der Waals surface area contributed by atoms with Crippen LogP contribution in [0.3, 0.4) is 0 Å². The molecule has 28 heavy (non-hydrogen) atoms. The average Bonchev–Trinajstić information content (AvgIpc) is 2.60. The molecule has 0 fully saturated rings. The van der Waals surface area contributed by atoms with Gasteiger partial charge < -0.3 is 27.9 Å². The van der Waals surface area contributed by atoms with Gasteiger partial charge >= 0.3 is 11.9 Å². The number of benzene rings is 1. The van der Waals surface area contributed by atoms with Gasteiger partial charge in [0.1, 0.15) is 39.5 Å². The van der Waals surface area contributed by atoms with E-state index < -0.39 is 0 Å². The van der Waals surface area contributed by atoms with Gasteiger partial charge in [0, 0.05) is 0 Å². The summed E-state index contributed by atoms with van der Waals surface area (Å²) in [5.41, 5.74) is 0. The Morgan fingerprint density at radius 1 is 0.643 bits per heavy atom. The van der Waals surface area contributed by atoms with Gasteiger partial charge in [0.05, 0.1) is 28.2 Å². The largest absolute Gasteiger partial charge is 0.486 e. The summed E-state index contributed by atoms with van der Waals surface area (Å²) in [7, 11) is 7.90. The lowest BCUT2D eigenvalue weighted by molar-refractivity contribution is -0.939. The highest BCUT2D eigenvalue weighted by atomic mass is 16.6. The summed E-state index contributed by atoms with van der Waals surface area (Å²) >= 11 is 0. The fourth-order valence-corrected chi connectivity index (χ4v) is 2.79. The van der Waals surface area contributed by atoms with Gasteiger partial charge in [0.15, 0.2) is 24.6 Å². The Kier molecular flexibility index (Phi) is 7.65. The van der Waals surface area contributed by atoms with Gasteiger partial charge in [0.25, 0.3) is 0 Å². The Hall–Kier alpha value is -2.32. The van der Waals surface area contributed by atoms with Crippen LogP contribution in [0.5, 0.6) is 11.5 Å². The third-order valence-corrected chi connectivity index (χ3v) is 4.48. The molecule has 0 atom stereocenters. The van der Waals surface area contributed by atoms with Gasteiger partial charge in [-0.15, -0.1) is 0 Å². The van der Waals surface area contributed by atoms with Gasteiger partial charge in [-0.25, -0.2) is 9.59 Å². The van der Waals surface area contributed by atoms with Crippen LogP contribution in [0.25, 0.3) is 0 Å². The first-order valence-electron chi connectivity index (χ1n) is 9.47. The summed E-state index contributed by atoms with van der Waals surface area (Å²) in [6, 6.07) is 7.23. The van der Waals surface area contributed by atoms with Crippen LogP contribution in [-0.4, -0.2) is 102 Å². The predicted octanol–water partition coefficient (Wildman–Crippen LogP) is 0.697. The summed E-state index contributed by atoms with van der Waals surface area (Å²) in [6.07, 6.45) is 0. The summed E-state index contributed by atoms with van der Waals surface area (Å²) in [4.78, 5) is 24.3. The molecular formula is C20H32N2O6+2. The number of para-hydroxylation sites is 2. The maximum atomic E-state index is 12.2. The third kappa shape index (κ3) is 7.74. The molecule has 0 unspecified atom stereocenters. The minimum absolute atomic E-state index is 0.173. The number of quaternary nitrogens is 2. The van der Waals surface area contributed by atoms with E-state index in [1.807, 2.05) is 40.3 Å². The first-order chi connectivity index (χ1) is 13.2. The van der Waals surface area contributed by atoms with Crippen LogP contribution in [0, 0.1) is 0 Å². The van der Waals surface area contributed by atoms with E-state index in [2.05, 4.69) is 0 Å². The fourth-order valence-electron chi connectivity index (χ4n) is 2.79. The lowest BCUT2D eigenvalue weighted by Gasteiger charge is -2.34. The number of rotatable bonds is 0. The normalized spacial score (nSPS) is 21.6. The van der Waals surface area contributed by atoms with Gasteiger partial charge in [-0.2, -0.15) is 0 Å². The first kappa shape index (κ1) is 22.0. The van der Waals surface area contributed by atoms with E-state index in [1.54, 1.807) is 12.1 Å². The molecule has 1 aliphatic heterocycles. The van der Waals surface area contributed by atoms with Crippen LogP contribution in [0.1, 0.15) is 0 Å². The van der Waals surface area contributed by atoms with Crippen LogP contribution in [0.2, 0.25) is 0 Å². The molecule has 2 rings (SSSR count). The second kappa shape index (κ2) is 9.75. The SMILES string of the molecule is C[N+]1(C)CC[N+](C)(C)CC(=O)OCCOc2ccccc2OCCOC(=O)C1. The minimum Gasteiger partial charge on any atom is -0.486 e. The van der Waals surface area contributed by atoms with Gasteiger partial charge in [-0.05, 0) is 12.1 Å². The Balaban J connectivity index is 2.06. The number of ether oxygens (including phenoxy) is 4. The molecule has 0 aromatic heterocycles. The van der Waals surface area contributed by atoms with Crippen molar-refractivity contribution in [3.05, 3.63) is 24.3 Å². The standard InChI is InChI=1S/C20H32N2O6/c1-21(2)9-10-22(3,4)16-20(24)28-14-12-26-18-8-6-5-7-17(18)25-11-13-27-19(23)15-21/h5-8H,9-16H2,1-4H3/q+2. The Bertz CT molecular complexity index is 617. The molecular weight excluding hydrogens is 364 g/mol. The summed E-state index contributed by atoms with van der Waals surface area (Å²) in [6.45, 7) is 2.77. The molecule has 156 valence electrons. The van der Waals surface area contributed by atoms with Gasteiger partial charge in [-0.1, -0.05) is 12.1 Å². The first-order valence-corrected chi connectivity index (χ1v) is 9.47. The number of cyclic esters (lactones) is 2. The second-order valence-electron chi connectivity index (χ2n) is 8.22. The van der Waals surface area contributed by atoms with E-state index in [0.29, 0.717) is 20.5 Å². The number of hydrogen-bond acceptors (Lipinski definition) is 6. The van der Waals surface area contributed by atoms with Crippen molar-refractivity contribution in [1.29, 1.82) is 0 Å². The Morgan fingerprint density at radius 3 is 1.39 bits per heavy atom. The molecule has 0 spiro atoms. The molecule has 8 nitrogen and oxygen atoms in total. The smallest absolute Gasteiger partial charge is 0.361 e. The monoisotopic (exact) mass is 396 g/mol. The maximum absolute atomic E-state index is 12.2. The maximum Gasteiger partial charge on any atom is 0.361 e. The Morgan fingerprint density at radius 2 is 1.00 bits per heavy atom. The predicted molar refractivity (Wildman–Crippen MR) is 103 cm³/mol. The van der Waals surface area contributed by atoms with Crippen LogP contribution < -0.4 is 9.47 Å². The average molecular weight is 396 g/mol. The highest BCUT2D eigenvalue weighted by Crippen LogP contribution is 2.26. The van der Waals surface area contributed by atoms with Crippen molar-refractivity contribution in [1.82, 2.24) is 0 Å².